The van der Waals surface area contributed by atoms with Crippen molar-refractivity contribution in [3.8, 4) is 11.1 Å². The summed E-state index contributed by atoms with van der Waals surface area (Å²) in [6.07, 6.45) is 6.96. The minimum atomic E-state index is 0.737. The highest BCUT2D eigenvalue weighted by Gasteiger charge is 2.16. The van der Waals surface area contributed by atoms with Crippen LogP contribution in [0.1, 0.15) is 31.4 Å². The molecule has 0 aliphatic carbocycles. The maximum absolute atomic E-state index is 4.53. The zero-order chi connectivity index (χ0) is 20.9. The molecule has 0 saturated heterocycles. The Labute approximate surface area is 187 Å². The van der Waals surface area contributed by atoms with Gasteiger partial charge in [-0.25, -0.2) is 0 Å². The van der Waals surface area contributed by atoms with E-state index in [1.165, 1.54) is 38.4 Å². The van der Waals surface area contributed by atoms with Crippen molar-refractivity contribution in [2.24, 2.45) is 9.98 Å². The second-order valence-electron chi connectivity index (χ2n) is 7.27. The number of nitrogens with zero attached hydrogens (tertiary/aromatic N) is 2. The first-order valence-electron chi connectivity index (χ1n) is 10.0. The highest BCUT2D eigenvalue weighted by atomic mass is 32.2. The Morgan fingerprint density at radius 1 is 1.07 bits per heavy atom. The maximum atomic E-state index is 4.53. The van der Waals surface area contributed by atoms with Crippen LogP contribution in [0.15, 0.2) is 80.9 Å². The van der Waals surface area contributed by atoms with Crippen LogP contribution in [0.4, 0.5) is 0 Å². The largest absolute Gasteiger partial charge is 0.327 e. The molecule has 0 aromatic heterocycles. The molecule has 2 aliphatic rings. The number of hydrogen-bond donors (Lipinski definition) is 2. The van der Waals surface area contributed by atoms with Crippen LogP contribution < -0.4 is 9.44 Å². The van der Waals surface area contributed by atoms with E-state index < -0.39 is 0 Å². The van der Waals surface area contributed by atoms with E-state index in [0.717, 1.165) is 30.9 Å². The van der Waals surface area contributed by atoms with Crippen LogP contribution in [-0.2, 0) is 6.54 Å². The van der Waals surface area contributed by atoms with Gasteiger partial charge in [-0.2, -0.15) is 0 Å². The van der Waals surface area contributed by atoms with E-state index in [4.69, 9.17) is 0 Å². The number of hydrogen-bond acceptors (Lipinski definition) is 6. The van der Waals surface area contributed by atoms with Crippen LogP contribution in [0.2, 0.25) is 0 Å². The summed E-state index contributed by atoms with van der Waals surface area (Å²) in [7, 11) is 0. The summed E-state index contributed by atoms with van der Waals surface area (Å²) < 4.78 is 6.96. The molecule has 0 spiro atoms. The van der Waals surface area contributed by atoms with Gasteiger partial charge in [0.25, 0.3) is 0 Å². The van der Waals surface area contributed by atoms with Crippen LogP contribution in [0.3, 0.4) is 0 Å². The van der Waals surface area contributed by atoms with Gasteiger partial charge in [0.05, 0.1) is 12.3 Å². The Bertz CT molecular complexity index is 1070. The van der Waals surface area contributed by atoms with Crippen molar-refractivity contribution in [2.75, 3.05) is 12.8 Å². The van der Waals surface area contributed by atoms with Crippen molar-refractivity contribution in [3.63, 3.8) is 0 Å². The van der Waals surface area contributed by atoms with Crippen LogP contribution in [0.25, 0.3) is 11.1 Å². The Morgan fingerprint density at radius 3 is 2.67 bits per heavy atom. The van der Waals surface area contributed by atoms with E-state index >= 15 is 0 Å². The van der Waals surface area contributed by atoms with Crippen LogP contribution >= 0.6 is 23.9 Å². The summed E-state index contributed by atoms with van der Waals surface area (Å²) in [4.78, 5) is 10.2. The molecule has 30 heavy (non-hydrogen) atoms. The number of allylic oxidation sites excluding steroid dienone is 2. The average Bonchev–Trinajstić information content (AvgIpc) is 3.42. The average molecular weight is 435 g/mol. The Morgan fingerprint density at radius 2 is 1.93 bits per heavy atom. The van der Waals surface area contributed by atoms with Crippen molar-refractivity contribution >= 4 is 35.3 Å². The molecule has 0 amide bonds. The fraction of sp³-hybridized carbons (Fsp3) is 0.250. The Kier molecular flexibility index (Phi) is 6.77. The topological polar surface area (TPSA) is 48.8 Å². The van der Waals surface area contributed by atoms with E-state index in [1.54, 1.807) is 23.9 Å². The molecule has 2 heterocycles. The zero-order valence-corrected chi connectivity index (χ0v) is 19.2. The van der Waals surface area contributed by atoms with Gasteiger partial charge in [0, 0.05) is 35.5 Å². The molecule has 2 aromatic carbocycles. The molecule has 0 fully saturated rings. The first kappa shape index (κ1) is 21.0. The standard InChI is InChI=1S/C24H26N4S2/c1-16-17(2)26-15-23(16)28-30-24-9-5-4-7-21(24)20-11-10-18(22-8-6-12-25-22)13-19(20)14-27-29-3/h4-7,9-13,27-28H,8,14-15H2,1-3H3. The molecule has 0 unspecified atom stereocenters. The molecule has 154 valence electrons. The predicted molar refractivity (Wildman–Crippen MR) is 132 cm³/mol. The minimum Gasteiger partial charge on any atom is -0.327 e. The van der Waals surface area contributed by atoms with Crippen LogP contribution in [0.5, 0.6) is 0 Å². The molecule has 2 aromatic rings. The summed E-state index contributed by atoms with van der Waals surface area (Å²) >= 11 is 3.31. The SMILES string of the molecule is CSNCc1cc(C2=NC=CC2)ccc1-c1ccccc1SNC1=C(C)C(C)=NC1. The smallest absolute Gasteiger partial charge is 0.0801 e. The maximum Gasteiger partial charge on any atom is 0.0801 e. The second kappa shape index (κ2) is 9.69. The fourth-order valence-corrected chi connectivity index (χ4v) is 4.73. The highest BCUT2D eigenvalue weighted by molar-refractivity contribution is 7.97. The number of nitrogens with one attached hydrogen (secondary N) is 2. The molecule has 0 bridgehead atoms. The third kappa shape index (κ3) is 4.56. The first-order valence-corrected chi connectivity index (χ1v) is 12.1. The van der Waals surface area contributed by atoms with Gasteiger partial charge in [0.15, 0.2) is 0 Å². The lowest BCUT2D eigenvalue weighted by molar-refractivity contribution is 0.980. The molecule has 2 aliphatic heterocycles. The van der Waals surface area contributed by atoms with Gasteiger partial charge >= 0.3 is 0 Å². The molecule has 0 saturated carbocycles. The van der Waals surface area contributed by atoms with Gasteiger partial charge in [-0.3, -0.25) is 14.7 Å². The van der Waals surface area contributed by atoms with Crippen molar-refractivity contribution in [1.82, 2.24) is 9.44 Å². The van der Waals surface area contributed by atoms with Gasteiger partial charge in [0.2, 0.25) is 0 Å². The van der Waals surface area contributed by atoms with Gasteiger partial charge in [-0.05, 0) is 72.0 Å². The van der Waals surface area contributed by atoms with E-state index in [9.17, 15) is 0 Å². The fourth-order valence-electron chi connectivity index (χ4n) is 3.54. The normalized spacial score (nSPS) is 15.6. The molecule has 4 rings (SSSR count). The summed E-state index contributed by atoms with van der Waals surface area (Å²) in [6.45, 7) is 5.74. The van der Waals surface area contributed by atoms with Crippen LogP contribution in [0, 0.1) is 0 Å². The number of benzene rings is 2. The molecule has 6 heteroatoms. The zero-order valence-electron chi connectivity index (χ0n) is 17.5. The molecule has 4 nitrogen and oxygen atoms in total. The van der Waals surface area contributed by atoms with Crippen LogP contribution in [-0.4, -0.2) is 24.2 Å². The van der Waals surface area contributed by atoms with Gasteiger partial charge in [-0.15, -0.1) is 0 Å². The molecule has 0 atom stereocenters. The lowest BCUT2D eigenvalue weighted by Crippen LogP contribution is -2.08. The van der Waals surface area contributed by atoms with Crippen molar-refractivity contribution in [3.05, 3.63) is 77.1 Å². The van der Waals surface area contributed by atoms with Crippen molar-refractivity contribution < 1.29 is 0 Å². The summed E-state index contributed by atoms with van der Waals surface area (Å²) in [6, 6.07) is 15.3. The first-order chi connectivity index (χ1) is 14.7. The van der Waals surface area contributed by atoms with Crippen molar-refractivity contribution in [1.29, 1.82) is 0 Å². The Balaban J connectivity index is 1.64. The van der Waals surface area contributed by atoms with E-state index in [1.807, 2.05) is 6.20 Å². The monoisotopic (exact) mass is 434 g/mol. The second-order valence-corrected chi connectivity index (χ2v) is 8.81. The highest BCUT2D eigenvalue weighted by Crippen LogP contribution is 2.34. The lowest BCUT2D eigenvalue weighted by Gasteiger charge is -2.16. The molecule has 0 radical (unpaired) electrons. The lowest BCUT2D eigenvalue weighted by atomic mass is 9.95. The summed E-state index contributed by atoms with van der Waals surface area (Å²) in [5.41, 5.74) is 9.66. The number of rotatable bonds is 8. The quantitative estimate of drug-likeness (QED) is 0.518. The molecule has 2 N–H and O–H groups in total. The van der Waals surface area contributed by atoms with Gasteiger partial charge in [-0.1, -0.05) is 48.4 Å². The Hall–Kier alpha value is -2.28. The van der Waals surface area contributed by atoms with Crippen molar-refractivity contribution in [2.45, 2.75) is 31.7 Å². The third-order valence-electron chi connectivity index (χ3n) is 5.42. The molecular formula is C24H26N4S2. The minimum absolute atomic E-state index is 0.737. The molecular weight excluding hydrogens is 408 g/mol. The van der Waals surface area contributed by atoms with Gasteiger partial charge in [0.1, 0.15) is 0 Å². The van der Waals surface area contributed by atoms with E-state index in [0.29, 0.717) is 0 Å². The predicted octanol–water partition coefficient (Wildman–Crippen LogP) is 5.77. The third-order valence-corrected chi connectivity index (χ3v) is 6.78. The number of aliphatic imine (C=N–C) groups is 2. The summed E-state index contributed by atoms with van der Waals surface area (Å²) in [5.74, 6) is 0. The summed E-state index contributed by atoms with van der Waals surface area (Å²) in [5, 5.41) is 0. The van der Waals surface area contributed by atoms with E-state index in [2.05, 4.69) is 88.1 Å². The van der Waals surface area contributed by atoms with Gasteiger partial charge < -0.3 is 4.72 Å². The van der Waals surface area contributed by atoms with E-state index in [-0.39, 0.29) is 0 Å².